The number of aromatic hydroxyl groups is 1. The fraction of sp³-hybridized carbons (Fsp3) is 0. The third-order valence-electron chi connectivity index (χ3n) is 4.58. The first kappa shape index (κ1) is 22.5. The van der Waals surface area contributed by atoms with Crippen LogP contribution in [-0.4, -0.2) is 40.1 Å². The van der Waals surface area contributed by atoms with E-state index >= 15 is 0 Å². The standard InChI is InChI=1S/C22H18N6O5S/c29-19-14-28(17-4-2-1-3-5-17)26-20(19)22(31)25-24-21(30)15-6-8-18(9-7-15)34(32,33)27-16-10-12-23-13-11-16/h1-14,29H,(H,23,27)(H,24,30)(H,25,31). The molecule has 2 aromatic carbocycles. The van der Waals surface area contributed by atoms with Crippen LogP contribution in [0.5, 0.6) is 5.75 Å². The van der Waals surface area contributed by atoms with Crippen LogP contribution in [0.1, 0.15) is 20.8 Å². The number of pyridine rings is 1. The Balaban J connectivity index is 1.39. The molecule has 0 saturated heterocycles. The highest BCUT2D eigenvalue weighted by Crippen LogP contribution is 2.18. The molecule has 0 radical (unpaired) electrons. The zero-order valence-electron chi connectivity index (χ0n) is 17.4. The van der Waals surface area contributed by atoms with Crippen molar-refractivity contribution in [2.45, 2.75) is 4.90 Å². The van der Waals surface area contributed by atoms with Crippen molar-refractivity contribution in [1.82, 2.24) is 25.6 Å². The second kappa shape index (κ2) is 9.42. The van der Waals surface area contributed by atoms with Gasteiger partial charge in [-0.2, -0.15) is 5.10 Å². The first-order valence-electron chi connectivity index (χ1n) is 9.81. The highest BCUT2D eigenvalue weighted by molar-refractivity contribution is 7.92. The Morgan fingerprint density at radius 2 is 1.50 bits per heavy atom. The van der Waals surface area contributed by atoms with Crippen molar-refractivity contribution in [2.24, 2.45) is 0 Å². The molecule has 0 atom stereocenters. The van der Waals surface area contributed by atoms with Crippen molar-refractivity contribution < 1.29 is 23.1 Å². The van der Waals surface area contributed by atoms with E-state index in [1.54, 1.807) is 24.3 Å². The van der Waals surface area contributed by atoms with Crippen LogP contribution in [0.3, 0.4) is 0 Å². The van der Waals surface area contributed by atoms with Crippen LogP contribution in [0.15, 0.2) is 90.2 Å². The fourth-order valence-corrected chi connectivity index (χ4v) is 3.96. The molecule has 0 unspecified atom stereocenters. The Labute approximate surface area is 194 Å². The summed E-state index contributed by atoms with van der Waals surface area (Å²) < 4.78 is 28.7. The van der Waals surface area contributed by atoms with Gasteiger partial charge in [-0.1, -0.05) is 18.2 Å². The number of nitrogens with zero attached hydrogens (tertiary/aromatic N) is 3. The van der Waals surface area contributed by atoms with Gasteiger partial charge in [0, 0.05) is 18.0 Å². The number of rotatable bonds is 6. The second-order valence-corrected chi connectivity index (χ2v) is 8.60. The number of nitrogens with one attached hydrogen (secondary N) is 3. The number of carbonyl (C=O) groups excluding carboxylic acids is 2. The minimum atomic E-state index is -3.86. The second-order valence-electron chi connectivity index (χ2n) is 6.92. The zero-order chi connectivity index (χ0) is 24.1. The lowest BCUT2D eigenvalue weighted by molar-refractivity contribution is 0.0842. The van der Waals surface area contributed by atoms with Gasteiger partial charge < -0.3 is 5.11 Å². The van der Waals surface area contributed by atoms with Gasteiger partial charge in [0.2, 0.25) is 0 Å². The molecule has 2 amide bonds. The Morgan fingerprint density at radius 1 is 0.853 bits per heavy atom. The number of hydrogen-bond donors (Lipinski definition) is 4. The Kier molecular flexibility index (Phi) is 6.23. The maximum Gasteiger partial charge on any atom is 0.294 e. The molecule has 4 N–H and O–H groups in total. The predicted molar refractivity (Wildman–Crippen MR) is 122 cm³/mol. The van der Waals surface area contributed by atoms with Crippen molar-refractivity contribution in [2.75, 3.05) is 4.72 Å². The summed E-state index contributed by atoms with van der Waals surface area (Å²) in [6, 6.07) is 17.0. The summed E-state index contributed by atoms with van der Waals surface area (Å²) in [7, 11) is -3.86. The van der Waals surface area contributed by atoms with Crippen LogP contribution < -0.4 is 15.6 Å². The van der Waals surface area contributed by atoms with Crippen molar-refractivity contribution in [1.29, 1.82) is 0 Å². The molecule has 0 saturated carbocycles. The van der Waals surface area contributed by atoms with Gasteiger partial charge in [-0.15, -0.1) is 0 Å². The molecule has 0 fully saturated rings. The van der Waals surface area contributed by atoms with Crippen LogP contribution in [0, 0.1) is 0 Å². The SMILES string of the molecule is O=C(NNC(=O)c1nn(-c2ccccc2)cc1O)c1ccc(S(=O)(=O)Nc2ccncc2)cc1. The third kappa shape index (κ3) is 5.02. The smallest absolute Gasteiger partial charge is 0.294 e. The first-order chi connectivity index (χ1) is 16.3. The zero-order valence-corrected chi connectivity index (χ0v) is 18.2. The summed E-state index contributed by atoms with van der Waals surface area (Å²) in [6.45, 7) is 0. The quantitative estimate of drug-likeness (QED) is 0.308. The van der Waals surface area contributed by atoms with Crippen LogP contribution in [0.4, 0.5) is 5.69 Å². The van der Waals surface area contributed by atoms with Gasteiger partial charge in [0.1, 0.15) is 0 Å². The van der Waals surface area contributed by atoms with Crippen molar-refractivity contribution in [3.63, 3.8) is 0 Å². The van der Waals surface area contributed by atoms with E-state index in [1.165, 1.54) is 59.7 Å². The number of hydrogen-bond acceptors (Lipinski definition) is 7. The summed E-state index contributed by atoms with van der Waals surface area (Å²) in [5.74, 6) is -1.89. The molecule has 34 heavy (non-hydrogen) atoms. The molecule has 2 aromatic heterocycles. The molecule has 0 spiro atoms. The molecule has 2 heterocycles. The Bertz CT molecular complexity index is 1420. The van der Waals surface area contributed by atoms with Gasteiger partial charge in [-0.05, 0) is 48.5 Å². The normalized spacial score (nSPS) is 10.9. The Hall–Kier alpha value is -4.71. The maximum absolute atomic E-state index is 12.5. The predicted octanol–water partition coefficient (Wildman–Crippen LogP) is 1.85. The van der Waals surface area contributed by atoms with E-state index in [9.17, 15) is 23.1 Å². The minimum absolute atomic E-state index is 0.0544. The van der Waals surface area contributed by atoms with Crippen LogP contribution in [-0.2, 0) is 10.0 Å². The van der Waals surface area contributed by atoms with Gasteiger partial charge in [-0.3, -0.25) is 30.1 Å². The molecule has 11 nitrogen and oxygen atoms in total. The lowest BCUT2D eigenvalue weighted by atomic mass is 10.2. The van der Waals surface area contributed by atoms with Crippen LogP contribution >= 0.6 is 0 Å². The Morgan fingerprint density at radius 3 is 2.18 bits per heavy atom. The van der Waals surface area contributed by atoms with Gasteiger partial charge >= 0.3 is 0 Å². The molecule has 12 heteroatoms. The third-order valence-corrected chi connectivity index (χ3v) is 5.98. The van der Waals surface area contributed by atoms with Crippen molar-refractivity contribution in [3.8, 4) is 11.4 Å². The largest absolute Gasteiger partial charge is 0.504 e. The van der Waals surface area contributed by atoms with E-state index in [2.05, 4.69) is 25.7 Å². The van der Waals surface area contributed by atoms with E-state index < -0.39 is 21.8 Å². The number of aromatic nitrogens is 3. The van der Waals surface area contributed by atoms with Gasteiger partial charge in [0.25, 0.3) is 21.8 Å². The average molecular weight is 478 g/mol. The lowest BCUT2D eigenvalue weighted by Crippen LogP contribution is -2.41. The molecule has 0 bridgehead atoms. The number of para-hydroxylation sites is 1. The van der Waals surface area contributed by atoms with Crippen LogP contribution in [0.25, 0.3) is 5.69 Å². The molecular formula is C22H18N6O5S. The summed E-state index contributed by atoms with van der Waals surface area (Å²) in [5.41, 5.74) is 5.16. The number of sulfonamides is 1. The van der Waals surface area contributed by atoms with E-state index in [0.29, 0.717) is 11.4 Å². The number of anilines is 1. The fourth-order valence-electron chi connectivity index (χ4n) is 2.90. The van der Waals surface area contributed by atoms with E-state index in [-0.39, 0.29) is 21.9 Å². The van der Waals surface area contributed by atoms with Crippen LogP contribution in [0.2, 0.25) is 0 Å². The number of hydrazine groups is 1. The molecule has 0 aliphatic carbocycles. The molecule has 4 rings (SSSR count). The maximum atomic E-state index is 12.5. The highest BCUT2D eigenvalue weighted by atomic mass is 32.2. The van der Waals surface area contributed by atoms with Crippen molar-refractivity contribution in [3.05, 3.63) is 96.6 Å². The molecule has 172 valence electrons. The van der Waals surface area contributed by atoms with Gasteiger partial charge in [-0.25, -0.2) is 13.1 Å². The van der Waals surface area contributed by atoms with Gasteiger partial charge in [0.15, 0.2) is 11.4 Å². The lowest BCUT2D eigenvalue weighted by Gasteiger charge is -2.09. The molecule has 0 aliphatic rings. The molecular weight excluding hydrogens is 460 g/mol. The van der Waals surface area contributed by atoms with Gasteiger partial charge in [0.05, 0.1) is 22.5 Å². The summed E-state index contributed by atoms with van der Waals surface area (Å²) >= 11 is 0. The van der Waals surface area contributed by atoms with Crippen molar-refractivity contribution >= 4 is 27.5 Å². The summed E-state index contributed by atoms with van der Waals surface area (Å²) in [6.07, 6.45) is 4.17. The molecule has 4 aromatic rings. The van der Waals surface area contributed by atoms with E-state index in [4.69, 9.17) is 0 Å². The monoisotopic (exact) mass is 478 g/mol. The van der Waals surface area contributed by atoms with E-state index in [1.807, 2.05) is 6.07 Å². The number of carbonyl (C=O) groups is 2. The van der Waals surface area contributed by atoms with E-state index in [0.717, 1.165) is 0 Å². The topological polar surface area (TPSA) is 155 Å². The average Bonchev–Trinajstić information content (AvgIpc) is 3.25. The number of benzene rings is 2. The number of amides is 2. The molecule has 0 aliphatic heterocycles. The summed E-state index contributed by atoms with van der Waals surface area (Å²) in [5, 5.41) is 14.1. The first-order valence-corrected chi connectivity index (χ1v) is 11.3. The minimum Gasteiger partial charge on any atom is -0.504 e. The summed E-state index contributed by atoms with van der Waals surface area (Å²) in [4.78, 5) is 28.5. The highest BCUT2D eigenvalue weighted by Gasteiger charge is 2.19.